The fraction of sp³-hybridized carbons (Fsp3) is 0.455. The normalized spacial score (nSPS) is 15.7. The Labute approximate surface area is 114 Å². The minimum Gasteiger partial charge on any atom is -0.405 e. The van der Waals surface area contributed by atoms with Crippen LogP contribution >= 0.6 is 0 Å². The van der Waals surface area contributed by atoms with Crippen LogP contribution in [0, 0.1) is 0 Å². The van der Waals surface area contributed by atoms with E-state index in [0.717, 1.165) is 12.3 Å². The quantitative estimate of drug-likeness (QED) is 0.636. The number of halogens is 3. The van der Waals surface area contributed by atoms with Crippen molar-refractivity contribution in [2.45, 2.75) is 24.6 Å². The zero-order valence-electron chi connectivity index (χ0n) is 10.8. The van der Waals surface area contributed by atoms with E-state index in [0.29, 0.717) is 0 Å². The van der Waals surface area contributed by atoms with Crippen molar-refractivity contribution in [2.24, 2.45) is 5.84 Å². The number of nitrogens with two attached hydrogens (primary N) is 1. The molecule has 114 valence electrons. The number of rotatable bonds is 5. The van der Waals surface area contributed by atoms with Gasteiger partial charge >= 0.3 is 6.36 Å². The number of alkyl halides is 3. The molecule has 0 saturated heterocycles. The fourth-order valence-corrected chi connectivity index (χ4v) is 2.40. The number of benzene rings is 1. The standard InChI is InChI=1S/C11H15F3N2O3S/c1-7(20(2,17)18)10(16-15)8-5-3-4-6-9(8)19-11(12,13)14/h3-7,10,16H,15H2,1-2H3. The molecule has 0 radical (unpaired) electrons. The molecule has 2 atom stereocenters. The van der Waals surface area contributed by atoms with Crippen LogP contribution in [0.15, 0.2) is 24.3 Å². The van der Waals surface area contributed by atoms with Crippen LogP contribution in [0.25, 0.3) is 0 Å². The maximum Gasteiger partial charge on any atom is 0.573 e. The first kappa shape index (κ1) is 16.7. The maximum atomic E-state index is 12.3. The number of ether oxygens (including phenoxy) is 1. The highest BCUT2D eigenvalue weighted by Crippen LogP contribution is 2.32. The zero-order valence-corrected chi connectivity index (χ0v) is 11.6. The van der Waals surface area contributed by atoms with E-state index in [1.807, 2.05) is 0 Å². The van der Waals surface area contributed by atoms with Crippen molar-refractivity contribution in [1.82, 2.24) is 5.43 Å². The summed E-state index contributed by atoms with van der Waals surface area (Å²) in [6.45, 7) is 1.35. The monoisotopic (exact) mass is 312 g/mol. The number of para-hydroxylation sites is 1. The second kappa shape index (κ2) is 5.98. The summed E-state index contributed by atoms with van der Waals surface area (Å²) in [5.74, 6) is 4.80. The molecule has 0 aliphatic rings. The van der Waals surface area contributed by atoms with Gasteiger partial charge in [-0.1, -0.05) is 18.2 Å². The van der Waals surface area contributed by atoms with Gasteiger partial charge in [-0.15, -0.1) is 13.2 Å². The summed E-state index contributed by atoms with van der Waals surface area (Å²) in [4.78, 5) is 0. The van der Waals surface area contributed by atoms with Gasteiger partial charge in [0.15, 0.2) is 9.84 Å². The van der Waals surface area contributed by atoms with E-state index in [4.69, 9.17) is 5.84 Å². The summed E-state index contributed by atoms with van der Waals surface area (Å²) in [5, 5.41) is -1.02. The lowest BCUT2D eigenvalue weighted by molar-refractivity contribution is -0.275. The van der Waals surface area contributed by atoms with Gasteiger partial charge < -0.3 is 4.74 Å². The molecule has 1 aromatic carbocycles. The second-order valence-electron chi connectivity index (χ2n) is 4.26. The van der Waals surface area contributed by atoms with Gasteiger partial charge in [-0.05, 0) is 13.0 Å². The van der Waals surface area contributed by atoms with Gasteiger partial charge in [0, 0.05) is 11.8 Å². The van der Waals surface area contributed by atoms with E-state index in [-0.39, 0.29) is 5.56 Å². The molecule has 0 aromatic heterocycles. The Morgan fingerprint density at radius 1 is 1.30 bits per heavy atom. The van der Waals surface area contributed by atoms with Gasteiger partial charge in [0.25, 0.3) is 0 Å². The Morgan fingerprint density at radius 2 is 1.85 bits per heavy atom. The van der Waals surface area contributed by atoms with Crippen LogP contribution in [-0.4, -0.2) is 26.3 Å². The van der Waals surface area contributed by atoms with Gasteiger partial charge in [-0.2, -0.15) is 0 Å². The molecule has 3 N–H and O–H groups in total. The van der Waals surface area contributed by atoms with E-state index in [2.05, 4.69) is 10.2 Å². The first-order chi connectivity index (χ1) is 9.06. The average molecular weight is 312 g/mol. The molecule has 0 spiro atoms. The topological polar surface area (TPSA) is 81.4 Å². The predicted molar refractivity (Wildman–Crippen MR) is 67.5 cm³/mol. The van der Waals surface area contributed by atoms with Gasteiger partial charge in [-0.3, -0.25) is 11.3 Å². The molecule has 0 fully saturated rings. The number of hydrazine groups is 1. The molecule has 1 rings (SSSR count). The Kier molecular flexibility index (Phi) is 5.00. The Bertz CT molecular complexity index is 560. The van der Waals surface area contributed by atoms with Crippen LogP contribution in [0.3, 0.4) is 0 Å². The molecule has 2 unspecified atom stereocenters. The lowest BCUT2D eigenvalue weighted by Gasteiger charge is -2.24. The number of nitrogens with one attached hydrogen (secondary N) is 1. The molecule has 0 aliphatic carbocycles. The second-order valence-corrected chi connectivity index (χ2v) is 6.67. The predicted octanol–water partition coefficient (Wildman–Crippen LogP) is 1.52. The molecule has 0 saturated carbocycles. The molecule has 0 bridgehead atoms. The highest BCUT2D eigenvalue weighted by molar-refractivity contribution is 7.91. The van der Waals surface area contributed by atoms with Crippen molar-refractivity contribution >= 4 is 9.84 Å². The van der Waals surface area contributed by atoms with Gasteiger partial charge in [0.05, 0.1) is 11.3 Å². The molecule has 0 aliphatic heterocycles. The van der Waals surface area contributed by atoms with E-state index < -0.39 is 33.2 Å². The lowest BCUT2D eigenvalue weighted by Crippen LogP contribution is -2.39. The summed E-state index contributed by atoms with van der Waals surface area (Å²) in [5.41, 5.74) is 2.24. The van der Waals surface area contributed by atoms with Crippen LogP contribution in [-0.2, 0) is 9.84 Å². The molecular formula is C11H15F3N2O3S. The minimum atomic E-state index is -4.87. The number of hydrogen-bond acceptors (Lipinski definition) is 5. The largest absolute Gasteiger partial charge is 0.573 e. The Balaban J connectivity index is 3.23. The average Bonchev–Trinajstić information content (AvgIpc) is 2.29. The fourth-order valence-electron chi connectivity index (χ4n) is 1.68. The van der Waals surface area contributed by atoms with Crippen LogP contribution in [0.5, 0.6) is 5.75 Å². The SMILES string of the molecule is CC(C(NN)c1ccccc1OC(F)(F)F)S(C)(=O)=O. The molecule has 9 heteroatoms. The zero-order chi connectivity index (χ0) is 15.6. The lowest BCUT2D eigenvalue weighted by atomic mass is 10.0. The number of hydrogen-bond donors (Lipinski definition) is 2. The third kappa shape index (κ3) is 4.36. The minimum absolute atomic E-state index is 0.0188. The van der Waals surface area contributed by atoms with Crippen molar-refractivity contribution in [1.29, 1.82) is 0 Å². The van der Waals surface area contributed by atoms with Crippen LogP contribution in [0.2, 0.25) is 0 Å². The molecule has 0 heterocycles. The van der Waals surface area contributed by atoms with Gasteiger partial charge in [-0.25, -0.2) is 8.42 Å². The van der Waals surface area contributed by atoms with Crippen molar-refractivity contribution in [3.63, 3.8) is 0 Å². The smallest absolute Gasteiger partial charge is 0.405 e. The maximum absolute atomic E-state index is 12.3. The van der Waals surface area contributed by atoms with E-state index in [1.54, 1.807) is 0 Å². The third-order valence-electron chi connectivity index (χ3n) is 2.80. The van der Waals surface area contributed by atoms with E-state index in [9.17, 15) is 21.6 Å². The van der Waals surface area contributed by atoms with Crippen molar-refractivity contribution in [3.05, 3.63) is 29.8 Å². The molecule has 0 amide bonds. The summed E-state index contributed by atoms with van der Waals surface area (Å²) in [7, 11) is -3.50. The van der Waals surface area contributed by atoms with Gasteiger partial charge in [0.1, 0.15) is 5.75 Å². The van der Waals surface area contributed by atoms with Crippen molar-refractivity contribution in [3.8, 4) is 5.75 Å². The van der Waals surface area contributed by atoms with Crippen LogP contribution < -0.4 is 16.0 Å². The summed E-state index contributed by atoms with van der Waals surface area (Å²) in [6.07, 6.45) is -3.89. The first-order valence-corrected chi connectivity index (χ1v) is 7.51. The molecular weight excluding hydrogens is 297 g/mol. The molecule has 5 nitrogen and oxygen atoms in total. The van der Waals surface area contributed by atoms with Crippen LogP contribution in [0.1, 0.15) is 18.5 Å². The van der Waals surface area contributed by atoms with E-state index in [1.165, 1.54) is 25.1 Å². The van der Waals surface area contributed by atoms with Crippen molar-refractivity contribution in [2.75, 3.05) is 6.26 Å². The summed E-state index contributed by atoms with van der Waals surface area (Å²) in [6, 6.07) is 4.22. The first-order valence-electron chi connectivity index (χ1n) is 5.56. The Morgan fingerprint density at radius 3 is 2.30 bits per heavy atom. The third-order valence-corrected chi connectivity index (χ3v) is 4.43. The highest BCUT2D eigenvalue weighted by Gasteiger charge is 2.35. The van der Waals surface area contributed by atoms with Crippen molar-refractivity contribution < 1.29 is 26.3 Å². The Hall–Kier alpha value is -1.32. The number of sulfone groups is 1. The molecule has 1 aromatic rings. The molecule has 20 heavy (non-hydrogen) atoms. The summed E-state index contributed by atoms with van der Waals surface area (Å²) < 4.78 is 64.0. The van der Waals surface area contributed by atoms with Crippen LogP contribution in [0.4, 0.5) is 13.2 Å². The highest BCUT2D eigenvalue weighted by atomic mass is 32.2. The van der Waals surface area contributed by atoms with E-state index >= 15 is 0 Å². The summed E-state index contributed by atoms with van der Waals surface area (Å²) >= 11 is 0. The van der Waals surface area contributed by atoms with Gasteiger partial charge in [0.2, 0.25) is 0 Å².